The quantitative estimate of drug-likeness (QED) is 0.741. The number of amides is 1. The Balaban J connectivity index is 1.71. The highest BCUT2D eigenvalue weighted by Crippen LogP contribution is 2.34. The fourth-order valence-corrected chi connectivity index (χ4v) is 3.10. The summed E-state index contributed by atoms with van der Waals surface area (Å²) in [6.07, 6.45) is 4.42. The maximum Gasteiger partial charge on any atom is 0.226 e. The summed E-state index contributed by atoms with van der Waals surface area (Å²) >= 11 is 0. The van der Waals surface area contributed by atoms with Crippen molar-refractivity contribution in [1.29, 1.82) is 0 Å². The number of nitrogens with zero attached hydrogens (tertiary/aromatic N) is 1. The molecule has 2 saturated heterocycles. The van der Waals surface area contributed by atoms with Gasteiger partial charge in [-0.3, -0.25) is 4.79 Å². The predicted octanol–water partition coefficient (Wildman–Crippen LogP) is 2.24. The lowest BCUT2D eigenvalue weighted by atomic mass is 9.95. The van der Waals surface area contributed by atoms with E-state index < -0.39 is 0 Å². The van der Waals surface area contributed by atoms with E-state index in [-0.39, 0.29) is 5.92 Å². The van der Waals surface area contributed by atoms with Crippen LogP contribution in [0.25, 0.3) is 0 Å². The van der Waals surface area contributed by atoms with E-state index in [0.29, 0.717) is 11.9 Å². The van der Waals surface area contributed by atoms with Crippen molar-refractivity contribution in [2.24, 2.45) is 5.92 Å². The van der Waals surface area contributed by atoms with Gasteiger partial charge in [0.15, 0.2) is 0 Å². The van der Waals surface area contributed by atoms with Gasteiger partial charge in [-0.05, 0) is 31.2 Å². The summed E-state index contributed by atoms with van der Waals surface area (Å²) in [5, 5.41) is 0. The topological polar surface area (TPSA) is 20.3 Å². The number of carbonyl (C=O) groups is 1. The van der Waals surface area contributed by atoms with Gasteiger partial charge in [-0.1, -0.05) is 30.3 Å². The number of hydrogen-bond acceptors (Lipinski definition) is 1. The van der Waals surface area contributed by atoms with Gasteiger partial charge in [-0.15, -0.1) is 0 Å². The summed E-state index contributed by atoms with van der Waals surface area (Å²) in [7, 11) is 0. The summed E-state index contributed by atoms with van der Waals surface area (Å²) in [6.45, 7) is 0.995. The molecule has 2 aliphatic heterocycles. The third-order valence-corrected chi connectivity index (χ3v) is 3.89. The van der Waals surface area contributed by atoms with E-state index >= 15 is 0 Å². The van der Waals surface area contributed by atoms with Crippen LogP contribution < -0.4 is 0 Å². The summed E-state index contributed by atoms with van der Waals surface area (Å²) in [5.74, 6) is 0.638. The Bertz CT molecular complexity index is 387. The van der Waals surface area contributed by atoms with Gasteiger partial charge in [0.25, 0.3) is 0 Å². The minimum Gasteiger partial charge on any atom is -0.339 e. The van der Waals surface area contributed by atoms with Gasteiger partial charge in [-0.2, -0.15) is 0 Å². The van der Waals surface area contributed by atoms with E-state index in [9.17, 15) is 4.79 Å². The van der Waals surface area contributed by atoms with E-state index in [0.717, 1.165) is 19.4 Å². The fourth-order valence-electron chi connectivity index (χ4n) is 3.10. The highest BCUT2D eigenvalue weighted by molar-refractivity contribution is 5.82. The molecule has 0 N–H and O–H groups in total. The highest BCUT2D eigenvalue weighted by atomic mass is 16.2. The molecule has 3 rings (SSSR count). The minimum atomic E-state index is 0.243. The van der Waals surface area contributed by atoms with Crippen LogP contribution in [-0.2, 0) is 11.2 Å². The van der Waals surface area contributed by atoms with Crippen LogP contribution in [0.2, 0.25) is 0 Å². The van der Waals surface area contributed by atoms with Crippen LogP contribution in [0.3, 0.4) is 0 Å². The predicted molar refractivity (Wildman–Crippen MR) is 63.0 cm³/mol. The average Bonchev–Trinajstić information content (AvgIpc) is 2.86. The van der Waals surface area contributed by atoms with Crippen molar-refractivity contribution in [3.05, 3.63) is 35.9 Å². The summed E-state index contributed by atoms with van der Waals surface area (Å²) in [4.78, 5) is 14.2. The molecule has 1 amide bonds. The van der Waals surface area contributed by atoms with Gasteiger partial charge < -0.3 is 4.90 Å². The van der Waals surface area contributed by atoms with Crippen molar-refractivity contribution in [3.63, 3.8) is 0 Å². The van der Waals surface area contributed by atoms with E-state index in [4.69, 9.17) is 0 Å². The van der Waals surface area contributed by atoms with Crippen molar-refractivity contribution in [1.82, 2.24) is 4.90 Å². The largest absolute Gasteiger partial charge is 0.339 e. The Morgan fingerprint density at radius 2 is 2.06 bits per heavy atom. The molecule has 2 aliphatic rings. The van der Waals surface area contributed by atoms with Gasteiger partial charge in [0, 0.05) is 18.5 Å². The molecule has 2 heterocycles. The smallest absolute Gasteiger partial charge is 0.226 e. The summed E-state index contributed by atoms with van der Waals surface area (Å²) in [6, 6.07) is 10.9. The standard InChI is InChI=1S/C14H17NO/c16-14-12(9-11-5-2-1-3-6-11)10-13-7-4-8-15(13)14/h1-3,5-6,12-13H,4,7-10H2. The van der Waals surface area contributed by atoms with Gasteiger partial charge in [-0.25, -0.2) is 0 Å². The fraction of sp³-hybridized carbons (Fsp3) is 0.500. The maximum absolute atomic E-state index is 12.1. The number of hydrogen-bond donors (Lipinski definition) is 0. The molecule has 2 heteroatoms. The monoisotopic (exact) mass is 215 g/mol. The van der Waals surface area contributed by atoms with Crippen molar-refractivity contribution >= 4 is 5.91 Å². The molecule has 0 radical (unpaired) electrons. The molecule has 16 heavy (non-hydrogen) atoms. The van der Waals surface area contributed by atoms with Crippen molar-refractivity contribution in [2.75, 3.05) is 6.54 Å². The Hall–Kier alpha value is -1.31. The first-order chi connectivity index (χ1) is 7.84. The van der Waals surface area contributed by atoms with E-state index in [2.05, 4.69) is 29.2 Å². The lowest BCUT2D eigenvalue weighted by Gasteiger charge is -2.14. The van der Waals surface area contributed by atoms with Crippen LogP contribution in [0, 0.1) is 5.92 Å². The molecule has 84 valence electrons. The zero-order valence-corrected chi connectivity index (χ0v) is 9.43. The van der Waals surface area contributed by atoms with E-state index in [1.165, 1.54) is 18.4 Å². The zero-order valence-electron chi connectivity index (χ0n) is 9.43. The molecule has 0 aliphatic carbocycles. The first-order valence-corrected chi connectivity index (χ1v) is 6.19. The number of fused-ring (bicyclic) bond motifs is 1. The molecule has 0 aromatic heterocycles. The molecule has 1 aromatic rings. The van der Waals surface area contributed by atoms with E-state index in [1.807, 2.05) is 6.07 Å². The third kappa shape index (κ3) is 1.62. The van der Waals surface area contributed by atoms with Gasteiger partial charge in [0.1, 0.15) is 0 Å². The second kappa shape index (κ2) is 3.93. The molecule has 2 fully saturated rings. The second-order valence-corrected chi connectivity index (χ2v) is 4.95. The molecule has 1 aromatic carbocycles. The molecule has 2 nitrogen and oxygen atoms in total. The highest BCUT2D eigenvalue weighted by Gasteiger charge is 2.41. The lowest BCUT2D eigenvalue weighted by molar-refractivity contribution is -0.131. The van der Waals surface area contributed by atoms with Gasteiger partial charge in [0.2, 0.25) is 5.91 Å². The van der Waals surface area contributed by atoms with Crippen LogP contribution >= 0.6 is 0 Å². The molecular formula is C14H17NO. The summed E-state index contributed by atoms with van der Waals surface area (Å²) < 4.78 is 0. The molecule has 0 bridgehead atoms. The molecule has 0 saturated carbocycles. The molecular weight excluding hydrogens is 198 g/mol. The zero-order chi connectivity index (χ0) is 11.0. The van der Waals surface area contributed by atoms with Crippen LogP contribution in [0.4, 0.5) is 0 Å². The minimum absolute atomic E-state index is 0.243. The average molecular weight is 215 g/mol. The van der Waals surface area contributed by atoms with Gasteiger partial charge >= 0.3 is 0 Å². The second-order valence-electron chi connectivity index (χ2n) is 4.95. The number of carbonyl (C=O) groups excluding carboxylic acids is 1. The Morgan fingerprint density at radius 3 is 2.81 bits per heavy atom. The SMILES string of the molecule is O=C1C(Cc2ccccc2)CC2CCCN12. The van der Waals surface area contributed by atoms with Crippen LogP contribution in [0.15, 0.2) is 30.3 Å². The summed E-state index contributed by atoms with van der Waals surface area (Å²) in [5.41, 5.74) is 1.29. The number of rotatable bonds is 2. The Labute approximate surface area is 96.3 Å². The normalized spacial score (nSPS) is 28.5. The van der Waals surface area contributed by atoms with Crippen LogP contribution in [0.5, 0.6) is 0 Å². The van der Waals surface area contributed by atoms with Gasteiger partial charge in [0.05, 0.1) is 0 Å². The molecule has 0 spiro atoms. The Morgan fingerprint density at radius 1 is 1.25 bits per heavy atom. The lowest BCUT2D eigenvalue weighted by Crippen LogP contribution is -2.28. The van der Waals surface area contributed by atoms with Crippen molar-refractivity contribution in [2.45, 2.75) is 31.7 Å². The number of benzene rings is 1. The Kier molecular flexibility index (Phi) is 2.43. The van der Waals surface area contributed by atoms with Crippen LogP contribution in [-0.4, -0.2) is 23.4 Å². The van der Waals surface area contributed by atoms with Crippen LogP contribution in [0.1, 0.15) is 24.8 Å². The maximum atomic E-state index is 12.1. The van der Waals surface area contributed by atoms with E-state index in [1.54, 1.807) is 0 Å². The molecule has 2 atom stereocenters. The van der Waals surface area contributed by atoms with Crippen molar-refractivity contribution < 1.29 is 4.79 Å². The first kappa shape index (κ1) is 9.88. The van der Waals surface area contributed by atoms with Crippen molar-refractivity contribution in [3.8, 4) is 0 Å². The third-order valence-electron chi connectivity index (χ3n) is 3.89. The molecule has 2 unspecified atom stereocenters. The first-order valence-electron chi connectivity index (χ1n) is 6.19.